The average Bonchev–Trinajstić information content (AvgIpc) is 3.22. The number of nitrogens with zero attached hydrogens (tertiary/aromatic N) is 2. The Hall–Kier alpha value is -1.30. The summed E-state index contributed by atoms with van der Waals surface area (Å²) in [5.74, 6) is 1.03. The highest BCUT2D eigenvalue weighted by atomic mass is 35.5. The van der Waals surface area contributed by atoms with Crippen LogP contribution in [0.25, 0.3) is 0 Å². The number of carbonyl (C=O) groups is 1. The van der Waals surface area contributed by atoms with E-state index >= 15 is 0 Å². The van der Waals surface area contributed by atoms with Crippen LogP contribution in [0, 0.1) is 0 Å². The molecule has 0 spiro atoms. The Labute approximate surface area is 143 Å². The number of halogens is 1. The lowest BCUT2D eigenvalue weighted by Crippen LogP contribution is -2.50. The van der Waals surface area contributed by atoms with Crippen molar-refractivity contribution in [3.8, 4) is 5.75 Å². The fraction of sp³-hybridized carbons (Fsp3) is 0.588. The molecule has 5 nitrogen and oxygen atoms in total. The molecule has 0 aliphatic carbocycles. The van der Waals surface area contributed by atoms with Crippen LogP contribution in [0.1, 0.15) is 12.0 Å². The largest absolute Gasteiger partial charge is 0.480 e. The minimum atomic E-state index is -0.320. The Kier molecular flexibility index (Phi) is 5.09. The molecule has 0 radical (unpaired) electrons. The zero-order valence-corrected chi connectivity index (χ0v) is 14.1. The highest BCUT2D eigenvalue weighted by Crippen LogP contribution is 2.29. The van der Waals surface area contributed by atoms with Crippen molar-refractivity contribution in [2.24, 2.45) is 0 Å². The second-order valence-electron chi connectivity index (χ2n) is 6.43. The Balaban J connectivity index is 0.00000156. The van der Waals surface area contributed by atoms with Gasteiger partial charge in [0.1, 0.15) is 5.75 Å². The first-order chi connectivity index (χ1) is 10.8. The average molecular weight is 338 g/mol. The first-order valence-corrected chi connectivity index (χ1v) is 8.29. The molecule has 0 aromatic heterocycles. The minimum absolute atomic E-state index is 0. The third-order valence-corrected chi connectivity index (χ3v) is 5.07. The molecule has 4 rings (SSSR count). The van der Waals surface area contributed by atoms with Gasteiger partial charge < -0.3 is 15.0 Å². The van der Waals surface area contributed by atoms with Gasteiger partial charge in [-0.3, -0.25) is 9.69 Å². The second kappa shape index (κ2) is 7.07. The molecule has 126 valence electrons. The number of para-hydroxylation sites is 1. The van der Waals surface area contributed by atoms with E-state index in [0.717, 1.165) is 57.0 Å². The lowest BCUT2D eigenvalue weighted by atomic mass is 10.1. The predicted molar refractivity (Wildman–Crippen MR) is 91.2 cm³/mol. The number of rotatable bonds is 2. The highest BCUT2D eigenvalue weighted by Gasteiger charge is 2.37. The van der Waals surface area contributed by atoms with Crippen molar-refractivity contribution < 1.29 is 9.53 Å². The van der Waals surface area contributed by atoms with Crippen LogP contribution in [0.3, 0.4) is 0 Å². The van der Waals surface area contributed by atoms with Crippen molar-refractivity contribution in [1.29, 1.82) is 0 Å². The molecule has 1 aromatic rings. The summed E-state index contributed by atoms with van der Waals surface area (Å²) in [6.07, 6.45) is 1.48. The van der Waals surface area contributed by atoms with Gasteiger partial charge in [-0.05, 0) is 18.1 Å². The van der Waals surface area contributed by atoms with E-state index < -0.39 is 0 Å². The summed E-state index contributed by atoms with van der Waals surface area (Å²) in [4.78, 5) is 17.2. The van der Waals surface area contributed by atoms with E-state index in [2.05, 4.69) is 16.3 Å². The van der Waals surface area contributed by atoms with Crippen molar-refractivity contribution in [3.63, 3.8) is 0 Å². The first kappa shape index (κ1) is 16.6. The molecule has 1 N–H and O–H groups in total. The van der Waals surface area contributed by atoms with Crippen LogP contribution < -0.4 is 10.1 Å². The smallest absolute Gasteiger partial charge is 0.264 e. The van der Waals surface area contributed by atoms with Gasteiger partial charge in [-0.1, -0.05) is 18.2 Å². The fourth-order valence-electron chi connectivity index (χ4n) is 3.81. The zero-order valence-electron chi connectivity index (χ0n) is 13.2. The van der Waals surface area contributed by atoms with Crippen molar-refractivity contribution in [1.82, 2.24) is 15.1 Å². The van der Waals surface area contributed by atoms with Crippen LogP contribution in [-0.2, 0) is 11.2 Å². The van der Waals surface area contributed by atoms with Crippen LogP contribution in [0.15, 0.2) is 24.3 Å². The molecule has 6 heteroatoms. The third-order valence-electron chi connectivity index (χ3n) is 5.07. The Morgan fingerprint density at radius 3 is 2.74 bits per heavy atom. The summed E-state index contributed by atoms with van der Waals surface area (Å²) in [7, 11) is 0. The third kappa shape index (κ3) is 3.32. The van der Waals surface area contributed by atoms with Crippen molar-refractivity contribution in [2.75, 3.05) is 39.3 Å². The van der Waals surface area contributed by atoms with Crippen LogP contribution in [-0.4, -0.2) is 67.1 Å². The van der Waals surface area contributed by atoms with Gasteiger partial charge in [0.15, 0.2) is 6.10 Å². The van der Waals surface area contributed by atoms with Crippen LogP contribution in [0.2, 0.25) is 0 Å². The molecule has 3 aliphatic rings. The summed E-state index contributed by atoms with van der Waals surface area (Å²) in [5.41, 5.74) is 1.15. The summed E-state index contributed by atoms with van der Waals surface area (Å²) in [6.45, 7) is 6.03. The molecule has 3 aliphatic heterocycles. The van der Waals surface area contributed by atoms with Gasteiger partial charge in [-0.25, -0.2) is 0 Å². The normalized spacial score (nSPS) is 27.2. The van der Waals surface area contributed by atoms with Gasteiger partial charge in [-0.2, -0.15) is 0 Å². The van der Waals surface area contributed by atoms with E-state index in [1.165, 1.54) is 0 Å². The number of carbonyl (C=O) groups excluding carboxylic acids is 1. The second-order valence-corrected chi connectivity index (χ2v) is 6.43. The molecule has 3 heterocycles. The van der Waals surface area contributed by atoms with Crippen LogP contribution >= 0.6 is 12.4 Å². The maximum Gasteiger partial charge on any atom is 0.264 e. The van der Waals surface area contributed by atoms with Gasteiger partial charge in [0, 0.05) is 51.7 Å². The molecule has 23 heavy (non-hydrogen) atoms. The Bertz CT molecular complexity index is 538. The zero-order chi connectivity index (χ0) is 14.9. The SMILES string of the molecule is Cl.O=C(C1Cc2ccccc2O1)N1CCC(N2CCNCC2)C1. The molecule has 2 unspecified atom stereocenters. The fourth-order valence-corrected chi connectivity index (χ4v) is 3.81. The van der Waals surface area contributed by atoms with E-state index in [0.29, 0.717) is 12.5 Å². The van der Waals surface area contributed by atoms with E-state index in [9.17, 15) is 4.79 Å². The quantitative estimate of drug-likeness (QED) is 0.871. The number of ether oxygens (including phenoxy) is 1. The summed E-state index contributed by atoms with van der Waals surface area (Å²) in [5, 5.41) is 3.38. The number of piperazine rings is 1. The number of benzene rings is 1. The molecular formula is C17H24ClN3O2. The Morgan fingerprint density at radius 1 is 1.17 bits per heavy atom. The van der Waals surface area contributed by atoms with Crippen molar-refractivity contribution in [3.05, 3.63) is 29.8 Å². The number of hydrogen-bond donors (Lipinski definition) is 1. The molecular weight excluding hydrogens is 314 g/mol. The molecule has 1 amide bonds. The standard InChI is InChI=1S/C17H23N3O2.ClH/c21-17(16-11-13-3-1-2-4-15(13)22-16)20-8-5-14(12-20)19-9-6-18-7-10-19;/h1-4,14,16,18H,5-12H2;1H. The highest BCUT2D eigenvalue weighted by molar-refractivity contribution is 5.85. The van der Waals surface area contributed by atoms with Crippen molar-refractivity contribution in [2.45, 2.75) is 25.0 Å². The van der Waals surface area contributed by atoms with E-state index in [1.807, 2.05) is 23.1 Å². The maximum absolute atomic E-state index is 12.7. The van der Waals surface area contributed by atoms with Gasteiger partial charge in [0.2, 0.25) is 0 Å². The van der Waals surface area contributed by atoms with Gasteiger partial charge in [-0.15, -0.1) is 12.4 Å². The van der Waals surface area contributed by atoms with Crippen molar-refractivity contribution >= 4 is 18.3 Å². The van der Waals surface area contributed by atoms with Crippen LogP contribution in [0.5, 0.6) is 5.75 Å². The lowest BCUT2D eigenvalue weighted by Gasteiger charge is -2.32. The first-order valence-electron chi connectivity index (χ1n) is 8.29. The minimum Gasteiger partial charge on any atom is -0.480 e. The topological polar surface area (TPSA) is 44.8 Å². The van der Waals surface area contributed by atoms with Gasteiger partial charge >= 0.3 is 0 Å². The summed E-state index contributed by atoms with van der Waals surface area (Å²) >= 11 is 0. The lowest BCUT2D eigenvalue weighted by molar-refractivity contribution is -0.137. The monoisotopic (exact) mass is 337 g/mol. The molecule has 0 saturated carbocycles. The number of likely N-dealkylation sites (tertiary alicyclic amines) is 1. The Morgan fingerprint density at radius 2 is 1.96 bits per heavy atom. The molecule has 2 atom stereocenters. The molecule has 2 fully saturated rings. The number of nitrogens with one attached hydrogen (secondary N) is 1. The van der Waals surface area contributed by atoms with E-state index in [4.69, 9.17) is 4.74 Å². The maximum atomic E-state index is 12.7. The summed E-state index contributed by atoms with van der Waals surface area (Å²) < 4.78 is 5.85. The van der Waals surface area contributed by atoms with E-state index in [-0.39, 0.29) is 24.4 Å². The number of amides is 1. The van der Waals surface area contributed by atoms with Gasteiger partial charge in [0.05, 0.1) is 0 Å². The van der Waals surface area contributed by atoms with Gasteiger partial charge in [0.25, 0.3) is 5.91 Å². The number of hydrogen-bond acceptors (Lipinski definition) is 4. The predicted octanol–water partition coefficient (Wildman–Crippen LogP) is 0.918. The molecule has 1 aromatic carbocycles. The molecule has 0 bridgehead atoms. The summed E-state index contributed by atoms with van der Waals surface area (Å²) in [6, 6.07) is 8.49. The number of fused-ring (bicyclic) bond motifs is 1. The van der Waals surface area contributed by atoms with Crippen LogP contribution in [0.4, 0.5) is 0 Å². The molecule has 2 saturated heterocycles. The van der Waals surface area contributed by atoms with E-state index in [1.54, 1.807) is 0 Å².